The summed E-state index contributed by atoms with van der Waals surface area (Å²) < 4.78 is 34.3. The molecule has 0 aliphatic carbocycles. The van der Waals surface area contributed by atoms with E-state index in [0.717, 1.165) is 18.6 Å². The molecule has 0 saturated carbocycles. The van der Waals surface area contributed by atoms with Crippen LogP contribution in [-0.2, 0) is 14.0 Å². The Morgan fingerprint density at radius 3 is 2.48 bits per heavy atom. The molecule has 5 rings (SSSR count). The summed E-state index contributed by atoms with van der Waals surface area (Å²) in [6, 6.07) is -0.398. The molecule has 3 saturated heterocycles. The molecule has 0 N–H and O–H groups in total. The lowest BCUT2D eigenvalue weighted by molar-refractivity contribution is 0.00578. The van der Waals surface area contributed by atoms with Gasteiger partial charge in [-0.1, -0.05) is 30.3 Å². The first-order valence-electron chi connectivity index (χ1n) is 14.5. The largest absolute Gasteiger partial charge is 0.457 e. The highest BCUT2D eigenvalue weighted by Crippen LogP contribution is 2.44. The van der Waals surface area contributed by atoms with Crippen molar-refractivity contribution in [2.24, 2.45) is 0 Å². The van der Waals surface area contributed by atoms with Gasteiger partial charge in [0.25, 0.3) is 0 Å². The van der Waals surface area contributed by atoms with Crippen molar-refractivity contribution in [3.8, 4) is 0 Å². The molecule has 3 atom stereocenters. The van der Waals surface area contributed by atoms with Crippen LogP contribution in [0.25, 0.3) is 10.9 Å². The molecule has 2 aromatic rings. The topological polar surface area (TPSA) is 89.9 Å². The van der Waals surface area contributed by atoms with E-state index in [1.54, 1.807) is 0 Å². The molecule has 3 fully saturated rings. The van der Waals surface area contributed by atoms with Crippen molar-refractivity contribution in [3.05, 3.63) is 15.6 Å². The number of thioether (sulfide) groups is 1. The van der Waals surface area contributed by atoms with Crippen LogP contribution in [0.5, 0.6) is 0 Å². The highest BCUT2D eigenvalue weighted by molar-refractivity contribution is 9.10. The Morgan fingerprint density at radius 1 is 1.19 bits per heavy atom. The van der Waals surface area contributed by atoms with Gasteiger partial charge in [0.2, 0.25) is 0 Å². The summed E-state index contributed by atoms with van der Waals surface area (Å²) in [7, 11) is -0.399. The fraction of sp³-hybridized carbons (Fsp3) is 0.714. The molecule has 230 valence electrons. The Morgan fingerprint density at radius 2 is 1.86 bits per heavy atom. The van der Waals surface area contributed by atoms with Gasteiger partial charge in [0.15, 0.2) is 16.1 Å². The first-order valence-corrected chi connectivity index (χ1v) is 16.7. The summed E-state index contributed by atoms with van der Waals surface area (Å²) in [6.45, 7) is 16.3. The predicted molar refractivity (Wildman–Crippen MR) is 168 cm³/mol. The lowest BCUT2D eigenvalue weighted by atomic mass is 9.79. The van der Waals surface area contributed by atoms with E-state index in [0.29, 0.717) is 40.2 Å². The SMILES string of the molecule is CCSc1nc(N2C[C@H]3CC[C@@H]([C@@H]2CCB2OC(C)(C)C(C)(C)O2)N3C(=O)OC(C)(C)C)c2c(Br)nc(Cl)c(F)c2n1. The average molecular weight is 687 g/mol. The molecular weight excluding hydrogens is 648 g/mol. The monoisotopic (exact) mass is 685 g/mol. The number of rotatable bonds is 6. The van der Waals surface area contributed by atoms with Gasteiger partial charge in [0.05, 0.1) is 34.7 Å². The minimum atomic E-state index is -0.680. The number of amides is 1. The highest BCUT2D eigenvalue weighted by Gasteiger charge is 2.53. The van der Waals surface area contributed by atoms with E-state index in [9.17, 15) is 4.79 Å². The lowest BCUT2D eigenvalue weighted by Gasteiger charge is -2.48. The summed E-state index contributed by atoms with van der Waals surface area (Å²) in [4.78, 5) is 31.3. The maximum absolute atomic E-state index is 15.4. The number of carbonyl (C=O) groups excluding carboxylic acids is 1. The quantitative estimate of drug-likeness (QED) is 0.136. The summed E-state index contributed by atoms with van der Waals surface area (Å²) in [6.07, 6.45) is 2.58. The second kappa shape index (κ2) is 11.5. The normalized spacial score (nSPS) is 25.0. The Hall–Kier alpha value is -1.41. The number of hydrogen-bond donors (Lipinski definition) is 0. The standard InChI is InChI=1S/C28H39BBrClFN5O4S/c1-9-42-24-33-20-18(21(30)34-22(31)19(20)32)23(35-24)36-14-15-10-11-17(37(15)25(38)39-26(2,3)4)16(36)12-13-29-40-27(5,6)28(7,8)41-29/h15-17H,9-14H2,1-8H3/t15-,16+,17+/m1/s1. The number of halogens is 3. The van der Waals surface area contributed by atoms with Crippen LogP contribution in [-0.4, -0.2) is 80.3 Å². The summed E-state index contributed by atoms with van der Waals surface area (Å²) in [5.74, 6) is 0.612. The van der Waals surface area contributed by atoms with E-state index >= 15 is 4.39 Å². The predicted octanol–water partition coefficient (Wildman–Crippen LogP) is 7.13. The van der Waals surface area contributed by atoms with Crippen LogP contribution in [0.2, 0.25) is 11.5 Å². The minimum absolute atomic E-state index is 0.0888. The molecule has 14 heteroatoms. The van der Waals surface area contributed by atoms with Crippen LogP contribution in [0.15, 0.2) is 9.76 Å². The molecule has 9 nitrogen and oxygen atoms in total. The Bertz CT molecular complexity index is 1370. The molecule has 0 spiro atoms. The first kappa shape index (κ1) is 32.0. The Labute approximate surface area is 265 Å². The summed E-state index contributed by atoms with van der Waals surface area (Å²) >= 11 is 11.1. The Kier molecular flexibility index (Phi) is 8.77. The van der Waals surface area contributed by atoms with Crippen molar-refractivity contribution in [2.45, 2.75) is 121 Å². The molecule has 1 amide bonds. The smallest absolute Gasteiger partial charge is 0.444 e. The van der Waals surface area contributed by atoms with Gasteiger partial charge in [-0.3, -0.25) is 4.90 Å². The van der Waals surface area contributed by atoms with Gasteiger partial charge < -0.3 is 18.9 Å². The maximum atomic E-state index is 15.4. The van der Waals surface area contributed by atoms with E-state index in [1.165, 1.54) is 11.8 Å². The molecule has 0 unspecified atom stereocenters. The fourth-order valence-electron chi connectivity index (χ4n) is 6.09. The number of anilines is 1. The number of piperazine rings is 1. The summed E-state index contributed by atoms with van der Waals surface area (Å²) in [5, 5.41) is 0.668. The van der Waals surface area contributed by atoms with Gasteiger partial charge in [0, 0.05) is 6.54 Å². The van der Waals surface area contributed by atoms with E-state index in [4.69, 9.17) is 30.6 Å². The maximum Gasteiger partial charge on any atom is 0.457 e. The number of carbonyl (C=O) groups is 1. The van der Waals surface area contributed by atoms with E-state index < -0.39 is 29.7 Å². The first-order chi connectivity index (χ1) is 19.5. The average Bonchev–Trinajstić information content (AvgIpc) is 3.30. The molecule has 2 bridgehead atoms. The minimum Gasteiger partial charge on any atom is -0.444 e. The molecule has 2 aromatic heterocycles. The number of ether oxygens (including phenoxy) is 1. The fourth-order valence-corrected chi connectivity index (χ4v) is 7.47. The zero-order valence-electron chi connectivity index (χ0n) is 25.5. The molecule has 0 aromatic carbocycles. The van der Waals surface area contributed by atoms with Crippen LogP contribution >= 0.6 is 39.3 Å². The van der Waals surface area contributed by atoms with E-state index in [2.05, 4.69) is 30.8 Å². The van der Waals surface area contributed by atoms with Gasteiger partial charge >= 0.3 is 13.2 Å². The zero-order valence-corrected chi connectivity index (χ0v) is 28.6. The van der Waals surface area contributed by atoms with Gasteiger partial charge in [-0.05, 0) is 95.7 Å². The van der Waals surface area contributed by atoms with Gasteiger partial charge in [0.1, 0.15) is 21.5 Å². The Balaban J connectivity index is 1.57. The molecular formula is C28H39BBrClFN5O4S. The second-order valence-electron chi connectivity index (χ2n) is 13.2. The molecule has 3 aliphatic heterocycles. The molecule has 0 radical (unpaired) electrons. The van der Waals surface area contributed by atoms with Gasteiger partial charge in [-0.15, -0.1) is 0 Å². The molecule has 3 aliphatic rings. The van der Waals surface area contributed by atoms with Crippen LogP contribution in [0.4, 0.5) is 15.0 Å². The molecule has 5 heterocycles. The van der Waals surface area contributed by atoms with Crippen molar-refractivity contribution >= 4 is 69.2 Å². The van der Waals surface area contributed by atoms with Crippen molar-refractivity contribution < 1.29 is 23.2 Å². The van der Waals surface area contributed by atoms with E-state index in [1.807, 2.05) is 60.3 Å². The number of pyridine rings is 1. The van der Waals surface area contributed by atoms with Crippen molar-refractivity contribution in [1.82, 2.24) is 19.9 Å². The number of fused-ring (bicyclic) bond motifs is 3. The number of aromatic nitrogens is 3. The van der Waals surface area contributed by atoms with Crippen LogP contribution < -0.4 is 4.90 Å². The van der Waals surface area contributed by atoms with Crippen molar-refractivity contribution in [1.29, 1.82) is 0 Å². The number of hydrogen-bond acceptors (Lipinski definition) is 9. The van der Waals surface area contributed by atoms with Crippen LogP contribution in [0.1, 0.15) is 74.7 Å². The van der Waals surface area contributed by atoms with Crippen molar-refractivity contribution in [2.75, 3.05) is 17.2 Å². The third-order valence-corrected chi connectivity index (χ3v) is 10.2. The van der Waals surface area contributed by atoms with Crippen molar-refractivity contribution in [3.63, 3.8) is 0 Å². The lowest BCUT2D eigenvalue weighted by Crippen LogP contribution is -2.62. The highest BCUT2D eigenvalue weighted by atomic mass is 79.9. The van der Waals surface area contributed by atoms with Gasteiger partial charge in [-0.25, -0.2) is 24.1 Å². The van der Waals surface area contributed by atoms with Gasteiger partial charge in [-0.2, -0.15) is 0 Å². The van der Waals surface area contributed by atoms with Crippen LogP contribution in [0, 0.1) is 5.82 Å². The number of nitrogens with zero attached hydrogens (tertiary/aromatic N) is 5. The van der Waals surface area contributed by atoms with Crippen LogP contribution in [0.3, 0.4) is 0 Å². The molecule has 42 heavy (non-hydrogen) atoms. The zero-order chi connectivity index (χ0) is 30.8. The third kappa shape index (κ3) is 5.97. The van der Waals surface area contributed by atoms with E-state index in [-0.39, 0.29) is 34.9 Å². The summed E-state index contributed by atoms with van der Waals surface area (Å²) in [5.41, 5.74) is -1.40. The second-order valence-corrected chi connectivity index (χ2v) is 15.5. The third-order valence-electron chi connectivity index (χ3n) is 8.61.